The minimum Gasteiger partial charge on any atom is -0.358 e. The molecule has 1 aromatic carbocycles. The van der Waals surface area contributed by atoms with Crippen molar-refractivity contribution in [2.45, 2.75) is 25.3 Å². The second kappa shape index (κ2) is 5.74. The van der Waals surface area contributed by atoms with Gasteiger partial charge in [-0.1, -0.05) is 24.3 Å². The summed E-state index contributed by atoms with van der Waals surface area (Å²) < 4.78 is 1.29. The molecule has 1 amide bonds. The van der Waals surface area contributed by atoms with Gasteiger partial charge in [0.1, 0.15) is 6.54 Å². The highest BCUT2D eigenvalue weighted by molar-refractivity contribution is 5.75. The Morgan fingerprint density at radius 2 is 2.21 bits per heavy atom. The Morgan fingerprint density at radius 1 is 1.38 bits per heavy atom. The highest BCUT2D eigenvalue weighted by Crippen LogP contribution is 2.59. The van der Waals surface area contributed by atoms with E-state index in [1.807, 2.05) is 0 Å². The van der Waals surface area contributed by atoms with E-state index in [1.54, 1.807) is 0 Å². The summed E-state index contributed by atoms with van der Waals surface area (Å²) in [7, 11) is 0. The Bertz CT molecular complexity index is 801. The second-order valence-electron chi connectivity index (χ2n) is 6.52. The number of rotatable bonds is 5. The standard InChI is InChI=1S/C17H18N4O3/c22-16(10-20-8-7-15(19-20)21(23)24)18-9-14-13-6-5-11-3-1-2-4-12(11)17(13)14/h1-4,7-8,13-14,17H,5-6,9-10H2,(H,18,22)/t13-,14-,17+/m1/s1. The van der Waals surface area contributed by atoms with Crippen LogP contribution in [-0.2, 0) is 17.8 Å². The van der Waals surface area contributed by atoms with Gasteiger partial charge in [0.25, 0.3) is 0 Å². The second-order valence-corrected chi connectivity index (χ2v) is 6.52. The maximum atomic E-state index is 12.0. The van der Waals surface area contributed by atoms with Crippen LogP contribution in [0.25, 0.3) is 0 Å². The SMILES string of the molecule is O=C(Cn1ccc([N+](=O)[O-])n1)NC[C@@H]1[C@H]2CCc3ccccc3[C@@H]21. The predicted molar refractivity (Wildman–Crippen MR) is 86.4 cm³/mol. The van der Waals surface area contributed by atoms with Crippen LogP contribution in [0.1, 0.15) is 23.5 Å². The molecular weight excluding hydrogens is 308 g/mol. The molecule has 24 heavy (non-hydrogen) atoms. The lowest BCUT2D eigenvalue weighted by Gasteiger charge is -2.13. The fraction of sp³-hybridized carbons (Fsp3) is 0.412. The van der Waals surface area contributed by atoms with Crippen molar-refractivity contribution in [3.63, 3.8) is 0 Å². The molecule has 7 heteroatoms. The third kappa shape index (κ3) is 2.66. The van der Waals surface area contributed by atoms with Crippen molar-refractivity contribution in [3.8, 4) is 0 Å². The highest BCUT2D eigenvalue weighted by atomic mass is 16.6. The summed E-state index contributed by atoms with van der Waals surface area (Å²) in [6.45, 7) is 0.665. The molecule has 0 radical (unpaired) electrons. The summed E-state index contributed by atoms with van der Waals surface area (Å²) in [5, 5.41) is 17.3. The van der Waals surface area contributed by atoms with Crippen LogP contribution in [0, 0.1) is 22.0 Å². The van der Waals surface area contributed by atoms with Gasteiger partial charge < -0.3 is 15.4 Å². The molecule has 1 aromatic heterocycles. The van der Waals surface area contributed by atoms with Crippen molar-refractivity contribution in [2.24, 2.45) is 11.8 Å². The van der Waals surface area contributed by atoms with Crippen LogP contribution in [0.15, 0.2) is 36.5 Å². The summed E-state index contributed by atoms with van der Waals surface area (Å²) in [5.41, 5.74) is 2.88. The minimum atomic E-state index is -0.569. The molecule has 124 valence electrons. The van der Waals surface area contributed by atoms with Gasteiger partial charge in [0.15, 0.2) is 0 Å². The third-order valence-corrected chi connectivity index (χ3v) is 5.15. The number of carbonyl (C=O) groups is 1. The van der Waals surface area contributed by atoms with E-state index in [2.05, 4.69) is 34.7 Å². The molecule has 1 N–H and O–H groups in total. The zero-order valence-corrected chi connectivity index (χ0v) is 13.1. The van der Waals surface area contributed by atoms with Crippen molar-refractivity contribution in [1.29, 1.82) is 0 Å². The molecule has 1 fully saturated rings. The Morgan fingerprint density at radius 3 is 3.00 bits per heavy atom. The lowest BCUT2D eigenvalue weighted by molar-refractivity contribution is -0.389. The zero-order chi connectivity index (χ0) is 16.7. The summed E-state index contributed by atoms with van der Waals surface area (Å²) in [6.07, 6.45) is 3.76. The third-order valence-electron chi connectivity index (χ3n) is 5.15. The molecular formula is C17H18N4O3. The predicted octanol–water partition coefficient (Wildman–Crippen LogP) is 1.88. The van der Waals surface area contributed by atoms with Gasteiger partial charge in [0.05, 0.1) is 17.4 Å². The number of hydrogen-bond acceptors (Lipinski definition) is 4. The number of carbonyl (C=O) groups excluding carboxylic acids is 1. The van der Waals surface area contributed by atoms with Crippen molar-refractivity contribution >= 4 is 11.7 Å². The van der Waals surface area contributed by atoms with Crippen LogP contribution in [0.2, 0.25) is 0 Å². The first-order chi connectivity index (χ1) is 11.6. The first-order valence-corrected chi connectivity index (χ1v) is 8.16. The van der Waals surface area contributed by atoms with E-state index >= 15 is 0 Å². The van der Waals surface area contributed by atoms with E-state index in [-0.39, 0.29) is 18.3 Å². The molecule has 4 rings (SSSR count). The van der Waals surface area contributed by atoms with Gasteiger partial charge in [-0.15, -0.1) is 0 Å². The van der Waals surface area contributed by atoms with Crippen LogP contribution >= 0.6 is 0 Å². The average molecular weight is 326 g/mol. The first kappa shape index (κ1) is 14.9. The lowest BCUT2D eigenvalue weighted by atomic mass is 9.92. The summed E-state index contributed by atoms with van der Waals surface area (Å²) in [5.74, 6) is 1.34. The molecule has 2 aliphatic rings. The summed E-state index contributed by atoms with van der Waals surface area (Å²) in [6, 6.07) is 9.86. The maximum Gasteiger partial charge on any atom is 0.389 e. The number of aromatic nitrogens is 2. The van der Waals surface area contributed by atoms with Gasteiger partial charge >= 0.3 is 5.82 Å². The van der Waals surface area contributed by atoms with E-state index in [1.165, 1.54) is 34.5 Å². The van der Waals surface area contributed by atoms with Gasteiger partial charge in [-0.2, -0.15) is 4.68 Å². The fourth-order valence-corrected chi connectivity index (χ4v) is 3.96. The van der Waals surface area contributed by atoms with E-state index in [0.29, 0.717) is 24.3 Å². The van der Waals surface area contributed by atoms with Crippen LogP contribution in [0.5, 0.6) is 0 Å². The van der Waals surface area contributed by atoms with Gasteiger partial charge in [0, 0.05) is 6.54 Å². The van der Waals surface area contributed by atoms with Gasteiger partial charge in [0.2, 0.25) is 5.91 Å². The number of nitrogens with one attached hydrogen (secondary N) is 1. The lowest BCUT2D eigenvalue weighted by Crippen LogP contribution is -2.30. The van der Waals surface area contributed by atoms with Crippen LogP contribution in [-0.4, -0.2) is 27.2 Å². The van der Waals surface area contributed by atoms with E-state index in [9.17, 15) is 14.9 Å². The molecule has 7 nitrogen and oxygen atoms in total. The van der Waals surface area contributed by atoms with Crippen molar-refractivity contribution in [1.82, 2.24) is 15.1 Å². The smallest absolute Gasteiger partial charge is 0.358 e. The number of benzene rings is 1. The van der Waals surface area contributed by atoms with Crippen molar-refractivity contribution in [2.75, 3.05) is 6.54 Å². The van der Waals surface area contributed by atoms with Crippen LogP contribution in [0.3, 0.4) is 0 Å². The van der Waals surface area contributed by atoms with Gasteiger partial charge in [-0.25, -0.2) is 0 Å². The molecule has 0 spiro atoms. The molecule has 2 aliphatic carbocycles. The van der Waals surface area contributed by atoms with E-state index in [0.717, 1.165) is 6.42 Å². The van der Waals surface area contributed by atoms with Crippen LogP contribution in [0.4, 0.5) is 5.82 Å². The van der Waals surface area contributed by atoms with Crippen molar-refractivity contribution < 1.29 is 9.72 Å². The number of nitro groups is 1. The molecule has 1 saturated carbocycles. The van der Waals surface area contributed by atoms with Gasteiger partial charge in [-0.3, -0.25) is 4.79 Å². The first-order valence-electron chi connectivity index (χ1n) is 8.16. The van der Waals surface area contributed by atoms with Crippen molar-refractivity contribution in [3.05, 3.63) is 57.8 Å². The topological polar surface area (TPSA) is 90.1 Å². The van der Waals surface area contributed by atoms with Gasteiger partial charge in [-0.05, 0) is 46.6 Å². The monoisotopic (exact) mass is 326 g/mol. The van der Waals surface area contributed by atoms with Crippen LogP contribution < -0.4 is 5.32 Å². The summed E-state index contributed by atoms with van der Waals surface area (Å²) >= 11 is 0. The Hall–Kier alpha value is -2.70. The Kier molecular flexibility index (Phi) is 3.55. The number of amides is 1. The maximum absolute atomic E-state index is 12.0. The quantitative estimate of drug-likeness (QED) is 0.671. The Labute approximate surface area is 138 Å². The number of aryl methyl sites for hydroxylation is 1. The molecule has 3 atom stereocenters. The molecule has 0 unspecified atom stereocenters. The normalized spacial score (nSPS) is 23.9. The number of nitrogens with zero attached hydrogens (tertiary/aromatic N) is 3. The molecule has 2 aromatic rings. The van der Waals surface area contributed by atoms with E-state index < -0.39 is 4.92 Å². The number of fused-ring (bicyclic) bond motifs is 3. The molecule has 0 aliphatic heterocycles. The zero-order valence-electron chi connectivity index (χ0n) is 13.1. The average Bonchev–Trinajstić information content (AvgIpc) is 3.10. The fourth-order valence-electron chi connectivity index (χ4n) is 3.96. The highest BCUT2D eigenvalue weighted by Gasteiger charge is 2.52. The molecule has 1 heterocycles. The Balaban J connectivity index is 1.32. The molecule has 0 saturated heterocycles. The molecule has 0 bridgehead atoms. The summed E-state index contributed by atoms with van der Waals surface area (Å²) in [4.78, 5) is 22.1. The minimum absolute atomic E-state index is 0.00643. The number of hydrogen-bond donors (Lipinski definition) is 1. The largest absolute Gasteiger partial charge is 0.389 e. The van der Waals surface area contributed by atoms with E-state index in [4.69, 9.17) is 0 Å².